The second kappa shape index (κ2) is 8.76. The molecule has 0 unspecified atom stereocenters. The number of aromatic nitrogens is 2. The molecule has 2 aromatic rings. The van der Waals surface area contributed by atoms with Gasteiger partial charge in [-0.05, 0) is 68.4 Å². The van der Waals surface area contributed by atoms with Crippen molar-refractivity contribution in [1.29, 1.82) is 0 Å². The summed E-state index contributed by atoms with van der Waals surface area (Å²) in [6, 6.07) is 12.2. The summed E-state index contributed by atoms with van der Waals surface area (Å²) in [4.78, 5) is 15.1. The predicted molar refractivity (Wildman–Crippen MR) is 113 cm³/mol. The van der Waals surface area contributed by atoms with Crippen molar-refractivity contribution in [2.45, 2.75) is 56.0 Å². The van der Waals surface area contributed by atoms with Crippen LogP contribution in [-0.4, -0.2) is 39.6 Å². The highest BCUT2D eigenvalue weighted by Crippen LogP contribution is 2.43. The topological polar surface area (TPSA) is 72.1 Å². The first-order chi connectivity index (χ1) is 13.1. The molecular weight excluding hydrogens is 395 g/mol. The molecule has 0 aliphatic heterocycles. The van der Waals surface area contributed by atoms with E-state index in [2.05, 4.69) is 21.2 Å². The number of hydrogen-bond donors (Lipinski definition) is 1. The quantitative estimate of drug-likeness (QED) is 0.792. The molecule has 2 aliphatic carbocycles. The lowest BCUT2D eigenvalue weighted by atomic mass is 9.68. The van der Waals surface area contributed by atoms with Gasteiger partial charge in [-0.2, -0.15) is 5.10 Å². The van der Waals surface area contributed by atoms with Crippen molar-refractivity contribution < 1.29 is 4.79 Å². The van der Waals surface area contributed by atoms with Crippen LogP contribution in [0.5, 0.6) is 0 Å². The van der Waals surface area contributed by atoms with Gasteiger partial charge in [0.1, 0.15) is 0 Å². The molecule has 150 valence electrons. The molecule has 2 fully saturated rings. The Morgan fingerprint density at radius 2 is 1.86 bits per heavy atom. The van der Waals surface area contributed by atoms with Gasteiger partial charge in [0, 0.05) is 35.3 Å². The van der Waals surface area contributed by atoms with E-state index in [0.717, 1.165) is 43.5 Å². The van der Waals surface area contributed by atoms with Gasteiger partial charge in [-0.25, -0.2) is 0 Å². The maximum Gasteiger partial charge on any atom is 0.274 e. The number of carbonyl (C=O) groups excluding carboxylic acids is 1. The number of hydrogen-bond acceptors (Lipinski definition) is 4. The van der Waals surface area contributed by atoms with Crippen molar-refractivity contribution >= 4 is 29.9 Å². The summed E-state index contributed by atoms with van der Waals surface area (Å²) < 4.78 is 0. The normalized spacial score (nSPS) is 24.3. The van der Waals surface area contributed by atoms with Gasteiger partial charge in [0.05, 0.1) is 0 Å². The molecule has 1 heterocycles. The Labute approximate surface area is 177 Å². The molecule has 0 atom stereocenters. The minimum Gasteiger partial charge on any atom is -0.331 e. The van der Waals surface area contributed by atoms with Crippen molar-refractivity contribution in [2.75, 3.05) is 6.54 Å². The predicted octanol–water partition coefficient (Wildman–Crippen LogP) is 4.00. The van der Waals surface area contributed by atoms with E-state index in [0.29, 0.717) is 18.3 Å². The van der Waals surface area contributed by atoms with Crippen molar-refractivity contribution in [3.8, 4) is 0 Å². The van der Waals surface area contributed by atoms with Gasteiger partial charge in [-0.15, -0.1) is 17.5 Å². The molecule has 2 saturated carbocycles. The number of benzene rings is 1. The second-order valence-electron chi connectivity index (χ2n) is 7.78. The van der Waals surface area contributed by atoms with E-state index in [1.807, 2.05) is 18.2 Å². The Morgan fingerprint density at radius 1 is 1.14 bits per heavy atom. The summed E-state index contributed by atoms with van der Waals surface area (Å²) >= 11 is 6.21. The first kappa shape index (κ1) is 21.0. The number of nitrogens with zero attached hydrogens (tertiary/aromatic N) is 3. The Balaban J connectivity index is 0.00000225. The molecule has 1 aromatic heterocycles. The lowest BCUT2D eigenvalue weighted by Gasteiger charge is -2.43. The lowest BCUT2D eigenvalue weighted by Crippen LogP contribution is -2.48. The van der Waals surface area contributed by atoms with Crippen LogP contribution in [0, 0.1) is 0 Å². The molecule has 7 heteroatoms. The van der Waals surface area contributed by atoms with Crippen molar-refractivity contribution in [3.05, 3.63) is 58.9 Å². The Morgan fingerprint density at radius 3 is 2.43 bits per heavy atom. The van der Waals surface area contributed by atoms with E-state index in [-0.39, 0.29) is 29.8 Å². The molecule has 0 saturated heterocycles. The van der Waals surface area contributed by atoms with Crippen molar-refractivity contribution in [2.24, 2.45) is 5.73 Å². The molecule has 2 N–H and O–H groups in total. The highest BCUT2D eigenvalue weighted by Gasteiger charge is 2.43. The van der Waals surface area contributed by atoms with Crippen molar-refractivity contribution in [3.63, 3.8) is 0 Å². The van der Waals surface area contributed by atoms with Crippen LogP contribution in [0.15, 0.2) is 42.6 Å². The van der Waals surface area contributed by atoms with Crippen LogP contribution in [0.25, 0.3) is 0 Å². The summed E-state index contributed by atoms with van der Waals surface area (Å²) in [7, 11) is 0. The number of nitrogens with two attached hydrogens (primary N) is 1. The fourth-order valence-corrected chi connectivity index (χ4v) is 4.58. The van der Waals surface area contributed by atoms with E-state index in [1.165, 1.54) is 5.56 Å². The molecule has 0 bridgehead atoms. The van der Waals surface area contributed by atoms with Gasteiger partial charge < -0.3 is 10.6 Å². The zero-order valence-corrected chi connectivity index (χ0v) is 17.3. The fraction of sp³-hybridized carbons (Fsp3) is 0.476. The highest BCUT2D eigenvalue weighted by atomic mass is 35.5. The van der Waals surface area contributed by atoms with Crippen LogP contribution in [0.2, 0.25) is 5.02 Å². The van der Waals surface area contributed by atoms with E-state index >= 15 is 0 Å². The van der Waals surface area contributed by atoms with E-state index in [1.54, 1.807) is 18.3 Å². The maximum absolute atomic E-state index is 13.1. The van der Waals surface area contributed by atoms with Crippen LogP contribution < -0.4 is 5.73 Å². The van der Waals surface area contributed by atoms with Gasteiger partial charge in [-0.1, -0.05) is 23.7 Å². The van der Waals surface area contributed by atoms with Gasteiger partial charge in [0.25, 0.3) is 5.91 Å². The van der Waals surface area contributed by atoms with E-state index in [9.17, 15) is 4.79 Å². The first-order valence-electron chi connectivity index (χ1n) is 9.69. The summed E-state index contributed by atoms with van der Waals surface area (Å²) in [6.45, 7) is 0.599. The van der Waals surface area contributed by atoms with Crippen LogP contribution in [-0.2, 0) is 5.41 Å². The summed E-state index contributed by atoms with van der Waals surface area (Å²) in [6.07, 6.45) is 7.59. The smallest absolute Gasteiger partial charge is 0.274 e. The van der Waals surface area contributed by atoms with Crippen molar-refractivity contribution in [1.82, 2.24) is 15.1 Å². The fourth-order valence-electron chi connectivity index (χ4n) is 4.39. The van der Waals surface area contributed by atoms with Crippen LogP contribution in [0.4, 0.5) is 0 Å². The molecule has 1 aromatic carbocycles. The highest BCUT2D eigenvalue weighted by molar-refractivity contribution is 6.30. The van der Waals surface area contributed by atoms with Crippen LogP contribution in [0.1, 0.15) is 54.6 Å². The zero-order chi connectivity index (χ0) is 18.9. The molecule has 0 radical (unpaired) electrons. The molecule has 0 spiro atoms. The third kappa shape index (κ3) is 4.17. The average Bonchev–Trinajstić information content (AvgIpc) is 3.54. The summed E-state index contributed by atoms with van der Waals surface area (Å²) in [5.74, 6) is 0.0126. The van der Waals surface area contributed by atoms with Gasteiger partial charge >= 0.3 is 0 Å². The van der Waals surface area contributed by atoms with E-state index in [4.69, 9.17) is 17.3 Å². The minimum absolute atomic E-state index is 0. The Hall–Kier alpha value is -1.69. The zero-order valence-electron chi connectivity index (χ0n) is 15.8. The number of carbonyl (C=O) groups is 1. The Bertz CT molecular complexity index is 805. The first-order valence-corrected chi connectivity index (χ1v) is 10.1. The maximum atomic E-state index is 13.1. The monoisotopic (exact) mass is 420 g/mol. The number of amides is 1. The molecular formula is C21H26Cl2N4O. The third-order valence-corrected chi connectivity index (χ3v) is 6.33. The SMILES string of the molecule is Cl.NCC1(c2cccc(Cl)c2)CCC(N(C(=O)c2cccnn2)C2CC2)CC1. The summed E-state index contributed by atoms with van der Waals surface area (Å²) in [5.41, 5.74) is 7.83. The van der Waals surface area contributed by atoms with Gasteiger partial charge in [0.15, 0.2) is 5.69 Å². The summed E-state index contributed by atoms with van der Waals surface area (Å²) in [5, 5.41) is 8.65. The largest absolute Gasteiger partial charge is 0.331 e. The van der Waals surface area contributed by atoms with E-state index < -0.39 is 0 Å². The molecule has 2 aliphatic rings. The molecule has 1 amide bonds. The second-order valence-corrected chi connectivity index (χ2v) is 8.21. The third-order valence-electron chi connectivity index (χ3n) is 6.10. The molecule has 5 nitrogen and oxygen atoms in total. The van der Waals surface area contributed by atoms with Crippen LogP contribution in [0.3, 0.4) is 0 Å². The number of halogens is 2. The lowest BCUT2D eigenvalue weighted by molar-refractivity contribution is 0.0565. The minimum atomic E-state index is -0.0494. The average molecular weight is 421 g/mol. The Kier molecular flexibility index (Phi) is 6.58. The molecule has 28 heavy (non-hydrogen) atoms. The number of rotatable bonds is 5. The van der Waals surface area contributed by atoms with Crippen LogP contribution >= 0.6 is 24.0 Å². The van der Waals surface area contributed by atoms with Gasteiger partial charge in [-0.3, -0.25) is 4.79 Å². The van der Waals surface area contributed by atoms with Gasteiger partial charge in [0.2, 0.25) is 0 Å². The standard InChI is InChI=1S/C21H25ClN4O.ClH/c22-16-4-1-3-15(13-16)21(14-23)10-8-18(9-11-21)26(17-6-7-17)20(27)19-5-2-12-24-25-19;/h1-5,12-13,17-18H,6-11,14,23H2;1H. The molecule has 4 rings (SSSR count).